The third-order valence-electron chi connectivity index (χ3n) is 5.93. The van der Waals surface area contributed by atoms with E-state index in [0.717, 1.165) is 38.0 Å². The maximum absolute atomic E-state index is 13.7. The number of likely N-dealkylation sites (tertiary alicyclic amines) is 1. The fraction of sp³-hybridized carbons (Fsp3) is 0.435. The number of benzene rings is 1. The molecule has 31 heavy (non-hydrogen) atoms. The number of fused-ring (bicyclic) bond motifs is 1. The van der Waals surface area contributed by atoms with Gasteiger partial charge in [-0.1, -0.05) is 12.1 Å². The van der Waals surface area contributed by atoms with E-state index in [2.05, 4.69) is 20.2 Å². The van der Waals surface area contributed by atoms with Crippen molar-refractivity contribution in [2.75, 3.05) is 26.7 Å². The number of rotatable bonds is 7. The molecule has 1 fully saturated rings. The third kappa shape index (κ3) is 5.08. The minimum Gasteiger partial charge on any atom is -0.481 e. The van der Waals surface area contributed by atoms with Crippen molar-refractivity contribution in [2.45, 2.75) is 38.9 Å². The van der Waals surface area contributed by atoms with Crippen molar-refractivity contribution in [3.05, 3.63) is 63.8 Å². The Bertz CT molecular complexity index is 1110. The smallest absolute Gasteiger partial charge is 0.270 e. The number of nitrogens with zero attached hydrogens (tertiary/aromatic N) is 4. The fourth-order valence-electron chi connectivity index (χ4n) is 3.96. The number of hydrogen-bond acceptors (Lipinski definition) is 6. The number of methoxy groups -OCH3 is 1. The van der Waals surface area contributed by atoms with Gasteiger partial charge in [-0.2, -0.15) is 4.98 Å². The standard InChI is InChI=1S/C23H28FN5O2/c1-16-3-4-17(13-19(16)24)14-25-18-7-9-28(10-8-18)11-12-29-22(30)15-26-20-5-6-21(31-2)27-23(20)29/h3-6,13,15,18,25H,7-12,14H2,1-2H3. The van der Waals surface area contributed by atoms with Crippen LogP contribution in [0.15, 0.2) is 41.3 Å². The Morgan fingerprint density at radius 1 is 1.19 bits per heavy atom. The van der Waals surface area contributed by atoms with E-state index in [1.807, 2.05) is 18.2 Å². The third-order valence-corrected chi connectivity index (χ3v) is 5.93. The maximum Gasteiger partial charge on any atom is 0.270 e. The minimum absolute atomic E-state index is 0.153. The van der Waals surface area contributed by atoms with Gasteiger partial charge in [0.15, 0.2) is 5.65 Å². The van der Waals surface area contributed by atoms with Crippen molar-refractivity contribution in [3.8, 4) is 5.88 Å². The van der Waals surface area contributed by atoms with Crippen LogP contribution in [0.4, 0.5) is 4.39 Å². The molecule has 3 heterocycles. The average Bonchev–Trinajstić information content (AvgIpc) is 2.79. The summed E-state index contributed by atoms with van der Waals surface area (Å²) < 4.78 is 20.6. The van der Waals surface area contributed by atoms with Crippen LogP contribution in [0.5, 0.6) is 5.88 Å². The first-order valence-corrected chi connectivity index (χ1v) is 10.6. The highest BCUT2D eigenvalue weighted by Crippen LogP contribution is 2.15. The monoisotopic (exact) mass is 425 g/mol. The number of halogens is 1. The first kappa shape index (κ1) is 21.4. The van der Waals surface area contributed by atoms with Crippen molar-refractivity contribution < 1.29 is 9.13 Å². The van der Waals surface area contributed by atoms with Crippen LogP contribution in [0.3, 0.4) is 0 Å². The molecule has 1 aliphatic rings. The van der Waals surface area contributed by atoms with Gasteiger partial charge in [-0.15, -0.1) is 0 Å². The Labute approximate surface area is 180 Å². The maximum atomic E-state index is 13.7. The van der Waals surface area contributed by atoms with Crippen LogP contribution in [0, 0.1) is 12.7 Å². The second-order valence-corrected chi connectivity index (χ2v) is 8.02. The summed E-state index contributed by atoms with van der Waals surface area (Å²) >= 11 is 0. The van der Waals surface area contributed by atoms with E-state index >= 15 is 0 Å². The largest absolute Gasteiger partial charge is 0.481 e. The molecule has 0 amide bonds. The normalized spacial score (nSPS) is 15.5. The predicted octanol–water partition coefficient (Wildman–Crippen LogP) is 2.50. The van der Waals surface area contributed by atoms with E-state index < -0.39 is 0 Å². The number of ether oxygens (including phenoxy) is 1. The summed E-state index contributed by atoms with van der Waals surface area (Å²) in [6, 6.07) is 9.37. The zero-order valence-corrected chi connectivity index (χ0v) is 18.0. The Kier molecular flexibility index (Phi) is 6.58. The molecule has 1 aliphatic heterocycles. The Hall–Kier alpha value is -2.84. The van der Waals surface area contributed by atoms with Gasteiger partial charge in [-0.05, 0) is 56.1 Å². The Morgan fingerprint density at radius 3 is 2.74 bits per heavy atom. The van der Waals surface area contributed by atoms with Gasteiger partial charge in [-0.25, -0.2) is 9.37 Å². The van der Waals surface area contributed by atoms with Crippen LogP contribution in [0.2, 0.25) is 0 Å². The summed E-state index contributed by atoms with van der Waals surface area (Å²) in [5, 5.41) is 3.54. The molecule has 2 aromatic heterocycles. The Balaban J connectivity index is 1.31. The van der Waals surface area contributed by atoms with Crippen LogP contribution in [-0.4, -0.2) is 52.2 Å². The fourth-order valence-corrected chi connectivity index (χ4v) is 3.96. The van der Waals surface area contributed by atoms with Gasteiger partial charge in [-0.3, -0.25) is 9.36 Å². The van der Waals surface area contributed by atoms with Gasteiger partial charge in [0.2, 0.25) is 5.88 Å². The van der Waals surface area contributed by atoms with Crippen LogP contribution in [0.25, 0.3) is 11.2 Å². The molecule has 1 saturated heterocycles. The molecule has 0 aliphatic carbocycles. The second-order valence-electron chi connectivity index (χ2n) is 8.02. The molecule has 3 aromatic rings. The molecule has 0 bridgehead atoms. The lowest BCUT2D eigenvalue weighted by Gasteiger charge is -2.32. The molecule has 0 radical (unpaired) electrons. The first-order chi connectivity index (χ1) is 15.0. The number of hydrogen-bond donors (Lipinski definition) is 1. The van der Waals surface area contributed by atoms with Crippen LogP contribution in [0.1, 0.15) is 24.0 Å². The molecule has 164 valence electrons. The van der Waals surface area contributed by atoms with Crippen LogP contribution < -0.4 is 15.6 Å². The lowest BCUT2D eigenvalue weighted by Crippen LogP contribution is -2.43. The first-order valence-electron chi connectivity index (χ1n) is 10.6. The molecule has 4 rings (SSSR count). The number of aryl methyl sites for hydroxylation is 1. The van der Waals surface area contributed by atoms with Crippen LogP contribution in [-0.2, 0) is 13.1 Å². The van der Waals surface area contributed by atoms with Gasteiger partial charge < -0.3 is 15.0 Å². The average molecular weight is 426 g/mol. The predicted molar refractivity (Wildman–Crippen MR) is 118 cm³/mol. The zero-order chi connectivity index (χ0) is 21.8. The SMILES string of the molecule is COc1ccc2ncc(=O)n(CCN3CCC(NCc4ccc(C)c(F)c4)CC3)c2n1. The minimum atomic E-state index is -0.157. The van der Waals surface area contributed by atoms with E-state index in [1.54, 1.807) is 30.7 Å². The summed E-state index contributed by atoms with van der Waals surface area (Å²) in [5.74, 6) is 0.314. The van der Waals surface area contributed by atoms with Gasteiger partial charge in [0.05, 0.1) is 13.3 Å². The molecule has 8 heteroatoms. The number of pyridine rings is 1. The van der Waals surface area contributed by atoms with E-state index in [4.69, 9.17) is 4.74 Å². The van der Waals surface area contributed by atoms with Crippen molar-refractivity contribution >= 4 is 11.2 Å². The van der Waals surface area contributed by atoms with E-state index in [-0.39, 0.29) is 11.4 Å². The summed E-state index contributed by atoms with van der Waals surface area (Å²) in [4.78, 5) is 23.3. The number of aromatic nitrogens is 3. The molecule has 0 atom stereocenters. The lowest BCUT2D eigenvalue weighted by atomic mass is 10.0. The second kappa shape index (κ2) is 9.53. The molecule has 7 nitrogen and oxygen atoms in total. The summed E-state index contributed by atoms with van der Waals surface area (Å²) in [6.45, 7) is 5.68. The summed E-state index contributed by atoms with van der Waals surface area (Å²) in [6.07, 6.45) is 3.39. The van der Waals surface area contributed by atoms with Crippen molar-refractivity contribution in [2.24, 2.45) is 0 Å². The van der Waals surface area contributed by atoms with E-state index in [0.29, 0.717) is 41.7 Å². The summed E-state index contributed by atoms with van der Waals surface area (Å²) in [7, 11) is 1.56. The molecule has 0 spiro atoms. The highest BCUT2D eigenvalue weighted by atomic mass is 19.1. The zero-order valence-electron chi connectivity index (χ0n) is 18.0. The highest BCUT2D eigenvalue weighted by Gasteiger charge is 2.19. The van der Waals surface area contributed by atoms with Crippen molar-refractivity contribution in [3.63, 3.8) is 0 Å². The molecular formula is C23H28FN5O2. The molecule has 1 N–H and O–H groups in total. The number of nitrogens with one attached hydrogen (secondary N) is 1. The number of piperidine rings is 1. The van der Waals surface area contributed by atoms with Crippen molar-refractivity contribution in [1.29, 1.82) is 0 Å². The topological polar surface area (TPSA) is 72.3 Å². The lowest BCUT2D eigenvalue weighted by molar-refractivity contribution is 0.191. The van der Waals surface area contributed by atoms with E-state index in [1.165, 1.54) is 6.20 Å². The highest BCUT2D eigenvalue weighted by molar-refractivity contribution is 5.70. The van der Waals surface area contributed by atoms with Crippen molar-refractivity contribution in [1.82, 2.24) is 24.8 Å². The van der Waals surface area contributed by atoms with Gasteiger partial charge in [0.1, 0.15) is 11.3 Å². The van der Waals surface area contributed by atoms with Gasteiger partial charge in [0.25, 0.3) is 5.56 Å². The molecule has 0 saturated carbocycles. The molecule has 1 aromatic carbocycles. The Morgan fingerprint density at radius 2 is 2.00 bits per heavy atom. The van der Waals surface area contributed by atoms with E-state index in [9.17, 15) is 9.18 Å². The van der Waals surface area contributed by atoms with Crippen LogP contribution >= 0.6 is 0 Å². The summed E-state index contributed by atoms with van der Waals surface area (Å²) in [5.41, 5.74) is 2.71. The molecular weight excluding hydrogens is 397 g/mol. The van der Waals surface area contributed by atoms with Gasteiger partial charge >= 0.3 is 0 Å². The quantitative estimate of drug-likeness (QED) is 0.627. The molecule has 0 unspecified atom stereocenters. The van der Waals surface area contributed by atoms with Gasteiger partial charge in [0, 0.05) is 31.7 Å².